The van der Waals surface area contributed by atoms with Crippen LogP contribution in [0.2, 0.25) is 0 Å². The van der Waals surface area contributed by atoms with Crippen molar-refractivity contribution in [2.75, 3.05) is 0 Å². The lowest BCUT2D eigenvalue weighted by Crippen LogP contribution is -2.05. The second kappa shape index (κ2) is 6.86. The first kappa shape index (κ1) is 16.8. The number of carbonyl (C=O) groups excluding carboxylic acids is 2. The molecule has 0 spiro atoms. The minimum Gasteiger partial charge on any atom is -0.298 e. The Hall–Kier alpha value is -3.00. The van der Waals surface area contributed by atoms with Crippen LogP contribution in [-0.4, -0.2) is 12.6 Å². The van der Waals surface area contributed by atoms with Gasteiger partial charge in [-0.3, -0.25) is 9.59 Å². The molecule has 2 nitrogen and oxygen atoms in total. The van der Waals surface area contributed by atoms with Crippen LogP contribution in [0.5, 0.6) is 0 Å². The minimum absolute atomic E-state index is 0.471. The molecule has 25 heavy (non-hydrogen) atoms. The molecule has 0 N–H and O–H groups in total. The Kier molecular flexibility index (Phi) is 4.62. The van der Waals surface area contributed by atoms with Crippen LogP contribution in [0.1, 0.15) is 37.4 Å². The third kappa shape index (κ3) is 2.80. The first-order valence-corrected chi connectivity index (χ1v) is 8.29. The fourth-order valence-corrected chi connectivity index (χ4v) is 3.40. The fourth-order valence-electron chi connectivity index (χ4n) is 3.40. The summed E-state index contributed by atoms with van der Waals surface area (Å²) in [5.41, 5.74) is 7.86. The van der Waals surface area contributed by atoms with E-state index in [9.17, 15) is 9.59 Å². The Bertz CT molecular complexity index is 954. The summed E-state index contributed by atoms with van der Waals surface area (Å²) in [7, 11) is 0. The highest BCUT2D eigenvalue weighted by molar-refractivity contribution is 6.02. The molecule has 0 amide bonds. The number of rotatable bonds is 4. The molecule has 0 bridgehead atoms. The SMILES string of the molecule is Cc1c(C)c(C=O)c(C=O)c(-c2ccccc2-c2ccccc2)c1C. The lowest BCUT2D eigenvalue weighted by atomic mass is 9.83. The molecule has 0 heterocycles. The van der Waals surface area contributed by atoms with E-state index in [1.807, 2.05) is 57.2 Å². The largest absolute Gasteiger partial charge is 0.298 e. The number of aldehydes is 2. The zero-order valence-electron chi connectivity index (χ0n) is 14.7. The van der Waals surface area contributed by atoms with E-state index in [1.165, 1.54) is 0 Å². The van der Waals surface area contributed by atoms with Gasteiger partial charge in [-0.2, -0.15) is 0 Å². The van der Waals surface area contributed by atoms with Gasteiger partial charge in [0.05, 0.1) is 0 Å². The Balaban J connectivity index is 2.42. The summed E-state index contributed by atoms with van der Waals surface area (Å²) >= 11 is 0. The highest BCUT2D eigenvalue weighted by Crippen LogP contribution is 2.38. The van der Waals surface area contributed by atoms with Crippen LogP contribution < -0.4 is 0 Å². The lowest BCUT2D eigenvalue weighted by Gasteiger charge is -2.20. The Morgan fingerprint density at radius 2 is 1.16 bits per heavy atom. The normalized spacial score (nSPS) is 10.5. The van der Waals surface area contributed by atoms with Crippen molar-refractivity contribution in [3.63, 3.8) is 0 Å². The minimum atomic E-state index is 0.471. The molecule has 0 unspecified atom stereocenters. The molecule has 0 atom stereocenters. The average molecular weight is 328 g/mol. The van der Waals surface area contributed by atoms with E-state index >= 15 is 0 Å². The van der Waals surface area contributed by atoms with Crippen LogP contribution in [-0.2, 0) is 0 Å². The summed E-state index contributed by atoms with van der Waals surface area (Å²) in [6.45, 7) is 5.91. The zero-order chi connectivity index (χ0) is 18.0. The maximum absolute atomic E-state index is 11.9. The van der Waals surface area contributed by atoms with Gasteiger partial charge in [-0.15, -0.1) is 0 Å². The molecular weight excluding hydrogens is 308 g/mol. The van der Waals surface area contributed by atoms with Gasteiger partial charge >= 0.3 is 0 Å². The Labute approximate surface area is 148 Å². The number of hydrogen-bond acceptors (Lipinski definition) is 2. The van der Waals surface area contributed by atoms with Crippen molar-refractivity contribution in [1.82, 2.24) is 0 Å². The molecule has 3 aromatic carbocycles. The zero-order valence-corrected chi connectivity index (χ0v) is 14.7. The second-order valence-electron chi connectivity index (χ2n) is 6.22. The predicted molar refractivity (Wildman–Crippen MR) is 102 cm³/mol. The Morgan fingerprint density at radius 1 is 0.600 bits per heavy atom. The lowest BCUT2D eigenvalue weighted by molar-refractivity contribution is 0.109. The van der Waals surface area contributed by atoms with Crippen molar-refractivity contribution in [3.05, 3.63) is 82.4 Å². The molecule has 0 aliphatic heterocycles. The van der Waals surface area contributed by atoms with Crippen molar-refractivity contribution in [2.24, 2.45) is 0 Å². The third-order valence-electron chi connectivity index (χ3n) is 4.98. The quantitative estimate of drug-likeness (QED) is 0.587. The highest BCUT2D eigenvalue weighted by Gasteiger charge is 2.20. The monoisotopic (exact) mass is 328 g/mol. The van der Waals surface area contributed by atoms with Gasteiger partial charge in [0.15, 0.2) is 12.6 Å². The molecular formula is C23H20O2. The standard InChI is InChI=1S/C23H20O2/c1-15-16(2)21(13-24)22(14-25)23(17(15)3)20-12-8-7-11-19(20)18-9-5-4-6-10-18/h4-14H,1-3H3. The molecule has 0 saturated carbocycles. The maximum Gasteiger partial charge on any atom is 0.151 e. The summed E-state index contributed by atoms with van der Waals surface area (Å²) in [6, 6.07) is 18.1. The topological polar surface area (TPSA) is 34.1 Å². The molecule has 2 heteroatoms. The van der Waals surface area contributed by atoms with Crippen LogP contribution >= 0.6 is 0 Å². The van der Waals surface area contributed by atoms with E-state index < -0.39 is 0 Å². The van der Waals surface area contributed by atoms with Crippen LogP contribution in [0.4, 0.5) is 0 Å². The van der Waals surface area contributed by atoms with Gasteiger partial charge in [0.2, 0.25) is 0 Å². The van der Waals surface area contributed by atoms with E-state index in [2.05, 4.69) is 18.2 Å². The number of hydrogen-bond donors (Lipinski definition) is 0. The second-order valence-corrected chi connectivity index (χ2v) is 6.22. The first-order valence-electron chi connectivity index (χ1n) is 8.29. The predicted octanol–water partition coefficient (Wildman–Crippen LogP) is 5.57. The summed E-state index contributed by atoms with van der Waals surface area (Å²) in [4.78, 5) is 23.5. The molecule has 0 radical (unpaired) electrons. The van der Waals surface area contributed by atoms with E-state index in [0.717, 1.165) is 51.5 Å². The summed E-state index contributed by atoms with van der Waals surface area (Å²) in [5.74, 6) is 0. The van der Waals surface area contributed by atoms with Gasteiger partial charge in [-0.05, 0) is 59.7 Å². The fraction of sp³-hybridized carbons (Fsp3) is 0.130. The van der Waals surface area contributed by atoms with E-state index in [0.29, 0.717) is 11.1 Å². The average Bonchev–Trinajstić information content (AvgIpc) is 2.66. The molecule has 0 aliphatic carbocycles. The van der Waals surface area contributed by atoms with Gasteiger partial charge in [0.25, 0.3) is 0 Å². The van der Waals surface area contributed by atoms with Crippen LogP contribution in [0, 0.1) is 20.8 Å². The van der Waals surface area contributed by atoms with E-state index in [1.54, 1.807) is 0 Å². The van der Waals surface area contributed by atoms with Crippen molar-refractivity contribution in [1.29, 1.82) is 0 Å². The molecule has 0 fully saturated rings. The summed E-state index contributed by atoms with van der Waals surface area (Å²) in [5, 5.41) is 0. The number of carbonyl (C=O) groups is 2. The van der Waals surface area contributed by atoms with Gasteiger partial charge < -0.3 is 0 Å². The Morgan fingerprint density at radius 3 is 1.76 bits per heavy atom. The van der Waals surface area contributed by atoms with E-state index in [-0.39, 0.29) is 0 Å². The number of benzene rings is 3. The molecule has 0 aliphatic rings. The maximum atomic E-state index is 11.9. The molecule has 3 rings (SSSR count). The molecule has 3 aromatic rings. The van der Waals surface area contributed by atoms with E-state index in [4.69, 9.17) is 0 Å². The summed E-state index contributed by atoms with van der Waals surface area (Å²) in [6.07, 6.45) is 1.60. The van der Waals surface area contributed by atoms with Crippen molar-refractivity contribution in [3.8, 4) is 22.3 Å². The molecule has 0 aromatic heterocycles. The van der Waals surface area contributed by atoms with Gasteiger partial charge in [0, 0.05) is 11.1 Å². The molecule has 0 saturated heterocycles. The third-order valence-corrected chi connectivity index (χ3v) is 4.98. The van der Waals surface area contributed by atoms with Crippen LogP contribution in [0.25, 0.3) is 22.3 Å². The van der Waals surface area contributed by atoms with Gasteiger partial charge in [0.1, 0.15) is 0 Å². The van der Waals surface area contributed by atoms with Crippen molar-refractivity contribution >= 4 is 12.6 Å². The highest BCUT2D eigenvalue weighted by atomic mass is 16.1. The van der Waals surface area contributed by atoms with Gasteiger partial charge in [-0.1, -0.05) is 54.6 Å². The van der Waals surface area contributed by atoms with Gasteiger partial charge in [-0.25, -0.2) is 0 Å². The van der Waals surface area contributed by atoms with Crippen LogP contribution in [0.3, 0.4) is 0 Å². The molecule has 124 valence electrons. The van der Waals surface area contributed by atoms with Crippen LogP contribution in [0.15, 0.2) is 54.6 Å². The van der Waals surface area contributed by atoms with Crippen molar-refractivity contribution < 1.29 is 9.59 Å². The van der Waals surface area contributed by atoms with Crippen molar-refractivity contribution in [2.45, 2.75) is 20.8 Å². The smallest absolute Gasteiger partial charge is 0.151 e. The summed E-state index contributed by atoms with van der Waals surface area (Å²) < 4.78 is 0. The first-order chi connectivity index (χ1) is 12.1.